The highest BCUT2D eigenvalue weighted by Gasteiger charge is 2.27. The summed E-state index contributed by atoms with van der Waals surface area (Å²) in [7, 11) is 0. The summed E-state index contributed by atoms with van der Waals surface area (Å²) in [5, 5.41) is 12.2. The maximum absolute atomic E-state index is 12.9. The first kappa shape index (κ1) is 17.3. The molecule has 0 aliphatic carbocycles. The molecule has 0 fully saturated rings. The molecular formula is C21H19ClO3. The fourth-order valence-electron chi connectivity index (χ4n) is 2.99. The number of carbonyl (C=O) groups is 1. The molecule has 0 bridgehead atoms. The molecule has 3 rings (SSSR count). The van der Waals surface area contributed by atoms with Crippen LogP contribution in [0.15, 0.2) is 60.7 Å². The van der Waals surface area contributed by atoms with Crippen LogP contribution in [0.4, 0.5) is 0 Å². The third-order valence-corrected chi connectivity index (χ3v) is 4.25. The molecule has 0 saturated heterocycles. The van der Waals surface area contributed by atoms with Gasteiger partial charge in [-0.25, -0.2) is 0 Å². The Balaban J connectivity index is 2.22. The van der Waals surface area contributed by atoms with Crippen LogP contribution in [0.3, 0.4) is 0 Å². The lowest BCUT2D eigenvalue weighted by atomic mass is 9.87. The third kappa shape index (κ3) is 3.62. The van der Waals surface area contributed by atoms with Gasteiger partial charge in [0.2, 0.25) is 0 Å². The van der Waals surface area contributed by atoms with Crippen molar-refractivity contribution in [3.05, 3.63) is 76.8 Å². The predicted octanol–water partition coefficient (Wildman–Crippen LogP) is 5.28. The minimum absolute atomic E-state index is 0.182. The Morgan fingerprint density at radius 2 is 1.72 bits per heavy atom. The molecule has 128 valence electrons. The van der Waals surface area contributed by atoms with Gasteiger partial charge in [0, 0.05) is 10.4 Å². The van der Waals surface area contributed by atoms with Crippen molar-refractivity contribution < 1.29 is 14.6 Å². The van der Waals surface area contributed by atoms with E-state index < -0.39 is 5.92 Å². The molecule has 3 aromatic rings. The van der Waals surface area contributed by atoms with Gasteiger partial charge in [0.15, 0.2) is 0 Å². The van der Waals surface area contributed by atoms with Gasteiger partial charge in [0.25, 0.3) is 0 Å². The van der Waals surface area contributed by atoms with Crippen LogP contribution >= 0.6 is 11.6 Å². The second kappa shape index (κ2) is 7.16. The van der Waals surface area contributed by atoms with Gasteiger partial charge in [0.05, 0.1) is 6.10 Å². The van der Waals surface area contributed by atoms with Crippen LogP contribution < -0.4 is 0 Å². The van der Waals surface area contributed by atoms with E-state index in [1.54, 1.807) is 24.3 Å². The monoisotopic (exact) mass is 354 g/mol. The third-order valence-electron chi connectivity index (χ3n) is 4.02. The van der Waals surface area contributed by atoms with Gasteiger partial charge in [-0.15, -0.1) is 0 Å². The average Bonchev–Trinajstić information content (AvgIpc) is 2.57. The standard InChI is InChI=1S/C21H19ClO3/c1-13(2)25-21(24)20(14-6-5-7-15(22)12-14)18-10-11-19(23)17-9-4-3-8-16(17)18/h3-13,20,23H,1-2H3/t20-/m0/s1. The summed E-state index contributed by atoms with van der Waals surface area (Å²) < 4.78 is 5.50. The topological polar surface area (TPSA) is 46.5 Å². The lowest BCUT2D eigenvalue weighted by Gasteiger charge is -2.21. The Morgan fingerprint density at radius 3 is 2.40 bits per heavy atom. The maximum Gasteiger partial charge on any atom is 0.318 e. The zero-order valence-corrected chi connectivity index (χ0v) is 14.8. The van der Waals surface area contributed by atoms with Gasteiger partial charge in [-0.2, -0.15) is 0 Å². The molecule has 1 atom stereocenters. The number of benzene rings is 3. The molecule has 0 heterocycles. The van der Waals surface area contributed by atoms with E-state index in [0.29, 0.717) is 10.4 Å². The highest BCUT2D eigenvalue weighted by molar-refractivity contribution is 6.30. The molecule has 0 radical (unpaired) electrons. The summed E-state index contributed by atoms with van der Waals surface area (Å²) in [4.78, 5) is 12.9. The van der Waals surface area contributed by atoms with E-state index in [2.05, 4.69) is 0 Å². The van der Waals surface area contributed by atoms with Gasteiger partial charge >= 0.3 is 5.97 Å². The molecule has 4 heteroatoms. The Labute approximate surface area is 151 Å². The number of aromatic hydroxyl groups is 1. The maximum atomic E-state index is 12.9. The normalized spacial score (nSPS) is 12.3. The lowest BCUT2D eigenvalue weighted by Crippen LogP contribution is -2.21. The summed E-state index contributed by atoms with van der Waals surface area (Å²) >= 11 is 6.14. The summed E-state index contributed by atoms with van der Waals surface area (Å²) in [6.45, 7) is 3.64. The number of esters is 1. The number of carbonyl (C=O) groups excluding carboxylic acids is 1. The number of rotatable bonds is 4. The van der Waals surface area contributed by atoms with Crippen molar-refractivity contribution in [2.75, 3.05) is 0 Å². The van der Waals surface area contributed by atoms with Crippen LogP contribution in [0.2, 0.25) is 5.02 Å². The molecule has 25 heavy (non-hydrogen) atoms. The van der Waals surface area contributed by atoms with Crippen molar-refractivity contribution in [2.45, 2.75) is 25.9 Å². The van der Waals surface area contributed by atoms with E-state index in [0.717, 1.165) is 16.5 Å². The van der Waals surface area contributed by atoms with Crippen molar-refractivity contribution in [3.8, 4) is 5.75 Å². The highest BCUT2D eigenvalue weighted by atomic mass is 35.5. The molecule has 0 saturated carbocycles. The smallest absolute Gasteiger partial charge is 0.318 e. The van der Waals surface area contributed by atoms with E-state index in [1.807, 2.05) is 50.2 Å². The van der Waals surface area contributed by atoms with Crippen molar-refractivity contribution in [1.29, 1.82) is 0 Å². The summed E-state index contributed by atoms with van der Waals surface area (Å²) in [6.07, 6.45) is -0.224. The summed E-state index contributed by atoms with van der Waals surface area (Å²) in [5.41, 5.74) is 1.54. The Kier molecular flexibility index (Phi) is 4.95. The minimum atomic E-state index is -0.619. The second-order valence-electron chi connectivity index (χ2n) is 6.19. The van der Waals surface area contributed by atoms with Crippen molar-refractivity contribution in [2.24, 2.45) is 0 Å². The number of halogens is 1. The first-order chi connectivity index (χ1) is 12.0. The van der Waals surface area contributed by atoms with E-state index >= 15 is 0 Å². The molecule has 0 aliphatic rings. The van der Waals surface area contributed by atoms with Gasteiger partial charge in [-0.05, 0) is 48.6 Å². The fraction of sp³-hybridized carbons (Fsp3) is 0.190. The zero-order chi connectivity index (χ0) is 18.0. The molecule has 0 spiro atoms. The van der Waals surface area contributed by atoms with Crippen LogP contribution in [-0.2, 0) is 9.53 Å². The van der Waals surface area contributed by atoms with Gasteiger partial charge in [-0.1, -0.05) is 54.1 Å². The van der Waals surface area contributed by atoms with Crippen LogP contribution in [0, 0.1) is 0 Å². The fourth-order valence-corrected chi connectivity index (χ4v) is 3.19. The van der Waals surface area contributed by atoms with E-state index in [1.165, 1.54) is 0 Å². The first-order valence-corrected chi connectivity index (χ1v) is 8.51. The zero-order valence-electron chi connectivity index (χ0n) is 14.1. The Bertz CT molecular complexity index is 918. The number of phenols is 1. The van der Waals surface area contributed by atoms with Gasteiger partial charge in [-0.3, -0.25) is 4.79 Å². The molecule has 0 unspecified atom stereocenters. The number of phenolic OH excluding ortho intramolecular Hbond substituents is 1. The van der Waals surface area contributed by atoms with Crippen LogP contribution in [-0.4, -0.2) is 17.2 Å². The molecule has 0 aliphatic heterocycles. The average molecular weight is 355 g/mol. The van der Waals surface area contributed by atoms with Crippen molar-refractivity contribution in [1.82, 2.24) is 0 Å². The first-order valence-electron chi connectivity index (χ1n) is 8.14. The van der Waals surface area contributed by atoms with Crippen molar-refractivity contribution in [3.63, 3.8) is 0 Å². The lowest BCUT2D eigenvalue weighted by molar-refractivity contribution is -0.148. The number of fused-ring (bicyclic) bond motifs is 1. The van der Waals surface area contributed by atoms with Gasteiger partial charge < -0.3 is 9.84 Å². The Morgan fingerprint density at radius 1 is 1.00 bits per heavy atom. The molecule has 0 amide bonds. The minimum Gasteiger partial charge on any atom is -0.507 e. The van der Waals surface area contributed by atoms with Crippen LogP contribution in [0.5, 0.6) is 5.75 Å². The molecule has 3 nitrogen and oxygen atoms in total. The van der Waals surface area contributed by atoms with Crippen molar-refractivity contribution >= 4 is 28.3 Å². The largest absolute Gasteiger partial charge is 0.507 e. The quantitative estimate of drug-likeness (QED) is 0.648. The molecule has 1 N–H and O–H groups in total. The van der Waals surface area contributed by atoms with Gasteiger partial charge in [0.1, 0.15) is 11.7 Å². The predicted molar refractivity (Wildman–Crippen MR) is 100 cm³/mol. The number of hydrogen-bond acceptors (Lipinski definition) is 3. The van der Waals surface area contributed by atoms with E-state index in [4.69, 9.17) is 16.3 Å². The second-order valence-corrected chi connectivity index (χ2v) is 6.63. The molecule has 3 aromatic carbocycles. The van der Waals surface area contributed by atoms with Crippen LogP contribution in [0.1, 0.15) is 30.9 Å². The number of hydrogen-bond donors (Lipinski definition) is 1. The number of ether oxygens (including phenoxy) is 1. The Hall–Kier alpha value is -2.52. The molecular weight excluding hydrogens is 336 g/mol. The SMILES string of the molecule is CC(C)OC(=O)[C@@H](c1cccc(Cl)c1)c1ccc(O)c2ccccc12. The highest BCUT2D eigenvalue weighted by Crippen LogP contribution is 2.36. The summed E-state index contributed by atoms with van der Waals surface area (Å²) in [6, 6.07) is 18.1. The summed E-state index contributed by atoms with van der Waals surface area (Å²) in [5.74, 6) is -0.777. The molecule has 0 aromatic heterocycles. The van der Waals surface area contributed by atoms with Crippen LogP contribution in [0.25, 0.3) is 10.8 Å². The van der Waals surface area contributed by atoms with E-state index in [-0.39, 0.29) is 17.8 Å². The van der Waals surface area contributed by atoms with E-state index in [9.17, 15) is 9.90 Å².